The lowest BCUT2D eigenvalue weighted by Crippen LogP contribution is -2.14. The van der Waals surface area contributed by atoms with Crippen molar-refractivity contribution < 1.29 is 4.79 Å². The average molecular weight is 346 g/mol. The first-order valence-electron chi connectivity index (χ1n) is 6.69. The van der Waals surface area contributed by atoms with Crippen LogP contribution in [0.1, 0.15) is 5.56 Å². The quantitative estimate of drug-likeness (QED) is 0.620. The zero-order chi connectivity index (χ0) is 16.8. The molecule has 2 aromatic rings. The molecule has 0 saturated carbocycles. The number of aryl methyl sites for hydroxylation is 1. The Hall–Kier alpha value is -2.48. The molecule has 0 spiro atoms. The van der Waals surface area contributed by atoms with E-state index in [9.17, 15) is 4.79 Å². The fourth-order valence-corrected chi connectivity index (χ4v) is 2.20. The van der Waals surface area contributed by atoms with Crippen LogP contribution in [0.15, 0.2) is 54.2 Å². The topological polar surface area (TPSA) is 64.9 Å². The highest BCUT2D eigenvalue weighted by molar-refractivity contribution is 6.36. The van der Waals surface area contributed by atoms with Gasteiger partial charge in [0.25, 0.3) is 5.91 Å². The molecular weight excluding hydrogens is 333 g/mol. The monoisotopic (exact) mass is 345 g/mol. The highest BCUT2D eigenvalue weighted by atomic mass is 35.5. The van der Waals surface area contributed by atoms with Gasteiger partial charge >= 0.3 is 0 Å². The number of benzene rings is 2. The third kappa shape index (κ3) is 4.75. The Morgan fingerprint density at radius 3 is 2.48 bits per heavy atom. The Morgan fingerprint density at radius 1 is 1.17 bits per heavy atom. The first kappa shape index (κ1) is 16.9. The van der Waals surface area contributed by atoms with Gasteiger partial charge in [0, 0.05) is 16.9 Å². The number of halogens is 2. The van der Waals surface area contributed by atoms with E-state index in [2.05, 4.69) is 10.6 Å². The summed E-state index contributed by atoms with van der Waals surface area (Å²) in [5.74, 6) is -0.506. The van der Waals surface area contributed by atoms with E-state index in [0.29, 0.717) is 21.4 Å². The van der Waals surface area contributed by atoms with Gasteiger partial charge in [-0.05, 0) is 37.3 Å². The summed E-state index contributed by atoms with van der Waals surface area (Å²) in [6.07, 6.45) is 1.30. The van der Waals surface area contributed by atoms with Gasteiger partial charge in [0.1, 0.15) is 11.6 Å². The Balaban J connectivity index is 2.10. The van der Waals surface area contributed by atoms with Crippen LogP contribution in [0.25, 0.3) is 0 Å². The molecule has 0 radical (unpaired) electrons. The number of anilines is 2. The lowest BCUT2D eigenvalue weighted by Gasteiger charge is -2.07. The number of rotatable bonds is 4. The van der Waals surface area contributed by atoms with Crippen LogP contribution in [0, 0.1) is 18.3 Å². The van der Waals surface area contributed by atoms with Crippen molar-refractivity contribution in [1.82, 2.24) is 0 Å². The van der Waals surface area contributed by atoms with E-state index in [1.54, 1.807) is 30.3 Å². The molecule has 0 aromatic heterocycles. The van der Waals surface area contributed by atoms with Crippen molar-refractivity contribution in [1.29, 1.82) is 5.26 Å². The van der Waals surface area contributed by atoms with E-state index in [1.165, 1.54) is 6.20 Å². The van der Waals surface area contributed by atoms with Crippen molar-refractivity contribution in [3.05, 3.63) is 69.8 Å². The van der Waals surface area contributed by atoms with Crippen LogP contribution in [-0.2, 0) is 4.79 Å². The van der Waals surface area contributed by atoms with Gasteiger partial charge in [-0.2, -0.15) is 5.26 Å². The molecule has 0 unspecified atom stereocenters. The van der Waals surface area contributed by atoms with Crippen LogP contribution in [-0.4, -0.2) is 5.91 Å². The summed E-state index contributed by atoms with van der Waals surface area (Å²) in [7, 11) is 0. The van der Waals surface area contributed by atoms with Gasteiger partial charge in [-0.1, -0.05) is 40.9 Å². The van der Waals surface area contributed by atoms with Gasteiger partial charge in [0.15, 0.2) is 0 Å². The van der Waals surface area contributed by atoms with E-state index in [0.717, 1.165) is 5.56 Å². The van der Waals surface area contributed by atoms with Gasteiger partial charge in [-0.3, -0.25) is 4.79 Å². The smallest absolute Gasteiger partial charge is 0.267 e. The van der Waals surface area contributed by atoms with Crippen LogP contribution in [0.2, 0.25) is 10.0 Å². The summed E-state index contributed by atoms with van der Waals surface area (Å²) >= 11 is 11.8. The van der Waals surface area contributed by atoms with Crippen molar-refractivity contribution in [2.24, 2.45) is 0 Å². The van der Waals surface area contributed by atoms with Crippen molar-refractivity contribution in [3.63, 3.8) is 0 Å². The summed E-state index contributed by atoms with van der Waals surface area (Å²) in [5, 5.41) is 15.5. The third-order valence-corrected chi connectivity index (χ3v) is 3.53. The molecule has 0 aliphatic carbocycles. The number of hydrogen-bond donors (Lipinski definition) is 2. The molecular formula is C17H13Cl2N3O. The van der Waals surface area contributed by atoms with Crippen LogP contribution in [0.5, 0.6) is 0 Å². The Morgan fingerprint density at radius 2 is 1.87 bits per heavy atom. The zero-order valence-corrected chi connectivity index (χ0v) is 13.7. The molecule has 2 rings (SSSR count). The number of hydrogen-bond acceptors (Lipinski definition) is 3. The molecule has 116 valence electrons. The van der Waals surface area contributed by atoms with Gasteiger partial charge in [-0.25, -0.2) is 0 Å². The molecule has 1 amide bonds. The van der Waals surface area contributed by atoms with E-state index < -0.39 is 5.91 Å². The molecule has 6 heteroatoms. The summed E-state index contributed by atoms with van der Waals surface area (Å²) in [4.78, 5) is 12.1. The second-order valence-electron chi connectivity index (χ2n) is 4.76. The van der Waals surface area contributed by atoms with Gasteiger partial charge in [0.2, 0.25) is 0 Å². The van der Waals surface area contributed by atoms with Crippen molar-refractivity contribution >= 4 is 40.5 Å². The molecule has 2 aromatic carbocycles. The molecule has 0 aliphatic rings. The predicted octanol–water partition coefficient (Wildman–Crippen LogP) is 4.76. The van der Waals surface area contributed by atoms with Crippen LogP contribution in [0.4, 0.5) is 11.4 Å². The number of nitrogens with zero attached hydrogens (tertiary/aromatic N) is 1. The first-order chi connectivity index (χ1) is 11.0. The molecule has 0 heterocycles. The molecule has 0 saturated heterocycles. The second-order valence-corrected chi connectivity index (χ2v) is 5.60. The minimum Gasteiger partial charge on any atom is -0.359 e. The normalized spacial score (nSPS) is 10.8. The molecule has 0 bridgehead atoms. The Bertz CT molecular complexity index is 792. The van der Waals surface area contributed by atoms with E-state index in [-0.39, 0.29) is 5.57 Å². The number of carbonyl (C=O) groups excluding carboxylic acids is 1. The fraction of sp³-hybridized carbons (Fsp3) is 0.0588. The number of nitriles is 1. The Kier molecular flexibility index (Phi) is 5.64. The fourth-order valence-electron chi connectivity index (χ4n) is 1.74. The number of nitrogens with one attached hydrogen (secondary N) is 2. The van der Waals surface area contributed by atoms with Crippen molar-refractivity contribution in [2.75, 3.05) is 10.6 Å². The Labute approximate surface area is 144 Å². The number of carbonyl (C=O) groups is 1. The number of amides is 1. The van der Waals surface area contributed by atoms with Crippen LogP contribution >= 0.6 is 23.2 Å². The molecule has 2 N–H and O–H groups in total. The predicted molar refractivity (Wildman–Crippen MR) is 93.6 cm³/mol. The highest BCUT2D eigenvalue weighted by Gasteiger charge is 2.09. The zero-order valence-electron chi connectivity index (χ0n) is 12.2. The first-order valence-corrected chi connectivity index (χ1v) is 7.45. The van der Waals surface area contributed by atoms with E-state index >= 15 is 0 Å². The lowest BCUT2D eigenvalue weighted by molar-refractivity contribution is -0.112. The standard InChI is InChI=1S/C17H13Cl2N3O/c1-11-2-5-14(6-3-11)22-17(23)12(9-20)10-21-16-7-4-13(18)8-15(16)19/h2-8,10,21H,1H3,(H,22,23)/b12-10-. The van der Waals surface area contributed by atoms with Crippen molar-refractivity contribution in [3.8, 4) is 6.07 Å². The van der Waals surface area contributed by atoms with Crippen molar-refractivity contribution in [2.45, 2.75) is 6.92 Å². The van der Waals surface area contributed by atoms with Gasteiger partial charge < -0.3 is 10.6 Å². The lowest BCUT2D eigenvalue weighted by atomic mass is 10.2. The van der Waals surface area contributed by atoms with Crippen LogP contribution < -0.4 is 10.6 Å². The summed E-state index contributed by atoms with van der Waals surface area (Å²) < 4.78 is 0. The van der Waals surface area contributed by atoms with Gasteiger partial charge in [0.05, 0.1) is 10.7 Å². The minimum atomic E-state index is -0.506. The average Bonchev–Trinajstić information content (AvgIpc) is 2.52. The molecule has 0 atom stereocenters. The third-order valence-electron chi connectivity index (χ3n) is 2.98. The van der Waals surface area contributed by atoms with E-state index in [1.807, 2.05) is 25.1 Å². The summed E-state index contributed by atoms with van der Waals surface area (Å²) in [6, 6.07) is 14.0. The minimum absolute atomic E-state index is 0.0726. The van der Waals surface area contributed by atoms with Crippen LogP contribution in [0.3, 0.4) is 0 Å². The molecule has 0 aliphatic heterocycles. The second kappa shape index (κ2) is 7.68. The molecule has 0 fully saturated rings. The largest absolute Gasteiger partial charge is 0.359 e. The summed E-state index contributed by atoms with van der Waals surface area (Å²) in [6.45, 7) is 1.95. The maximum atomic E-state index is 12.1. The van der Waals surface area contributed by atoms with E-state index in [4.69, 9.17) is 28.5 Å². The SMILES string of the molecule is Cc1ccc(NC(=O)/C(C#N)=C\Nc2ccc(Cl)cc2Cl)cc1. The maximum Gasteiger partial charge on any atom is 0.267 e. The van der Waals surface area contributed by atoms with Gasteiger partial charge in [-0.15, -0.1) is 0 Å². The maximum absolute atomic E-state index is 12.1. The molecule has 4 nitrogen and oxygen atoms in total. The summed E-state index contributed by atoms with van der Waals surface area (Å²) in [5.41, 5.74) is 2.17. The molecule has 23 heavy (non-hydrogen) atoms. The highest BCUT2D eigenvalue weighted by Crippen LogP contribution is 2.25.